The second-order valence-electron chi connectivity index (χ2n) is 5.77. The van der Waals surface area contributed by atoms with Gasteiger partial charge in [0.05, 0.1) is 18.1 Å². The van der Waals surface area contributed by atoms with Crippen LogP contribution in [-0.4, -0.2) is 39.0 Å². The molecule has 1 aromatic heterocycles. The highest BCUT2D eigenvalue weighted by molar-refractivity contribution is 9.10. The molecule has 0 unspecified atom stereocenters. The number of piperidine rings is 1. The molecular formula is C17H18BrN3O2. The lowest BCUT2D eigenvalue weighted by molar-refractivity contribution is 0.0690. The van der Waals surface area contributed by atoms with Gasteiger partial charge in [-0.25, -0.2) is 9.78 Å². The maximum atomic E-state index is 10.8. The van der Waals surface area contributed by atoms with Crippen molar-refractivity contribution in [3.05, 3.63) is 58.1 Å². The highest BCUT2D eigenvalue weighted by Crippen LogP contribution is 2.33. The van der Waals surface area contributed by atoms with Crippen molar-refractivity contribution in [3.63, 3.8) is 0 Å². The second-order valence-corrected chi connectivity index (χ2v) is 6.62. The van der Waals surface area contributed by atoms with E-state index >= 15 is 0 Å². The third-order valence-corrected chi connectivity index (χ3v) is 4.96. The summed E-state index contributed by atoms with van der Waals surface area (Å²) in [5.74, 6) is -0.458. The van der Waals surface area contributed by atoms with E-state index in [2.05, 4.69) is 49.0 Å². The van der Waals surface area contributed by atoms with Crippen LogP contribution in [0.4, 0.5) is 0 Å². The number of carbonyl (C=O) groups is 1. The van der Waals surface area contributed by atoms with Gasteiger partial charge < -0.3 is 5.11 Å². The second kappa shape index (κ2) is 7.19. The molecule has 0 bridgehead atoms. The molecule has 6 heteroatoms. The first-order chi connectivity index (χ1) is 11.1. The zero-order chi connectivity index (χ0) is 16.2. The molecule has 120 valence electrons. The van der Waals surface area contributed by atoms with E-state index in [0.29, 0.717) is 5.92 Å². The Morgan fingerprint density at radius 1 is 1.22 bits per heavy atom. The summed E-state index contributed by atoms with van der Waals surface area (Å²) < 4.78 is 1.19. The molecule has 3 rings (SSSR count). The third-order valence-electron chi connectivity index (χ3n) is 4.24. The monoisotopic (exact) mass is 375 g/mol. The lowest BCUT2D eigenvalue weighted by atomic mass is 9.89. The van der Waals surface area contributed by atoms with Gasteiger partial charge in [-0.3, -0.25) is 9.88 Å². The third kappa shape index (κ3) is 3.95. The van der Waals surface area contributed by atoms with Crippen molar-refractivity contribution in [2.75, 3.05) is 13.1 Å². The summed E-state index contributed by atoms with van der Waals surface area (Å²) in [5.41, 5.74) is 2.19. The van der Waals surface area contributed by atoms with E-state index in [-0.39, 0.29) is 5.69 Å². The Hall–Kier alpha value is -1.79. The van der Waals surface area contributed by atoms with Gasteiger partial charge in [0.15, 0.2) is 5.69 Å². The molecule has 5 nitrogen and oxygen atoms in total. The number of carboxylic acids is 1. The number of rotatable bonds is 4. The summed E-state index contributed by atoms with van der Waals surface area (Å²) in [4.78, 5) is 21.2. The summed E-state index contributed by atoms with van der Waals surface area (Å²) in [6.07, 6.45) is 5.11. The molecule has 1 N–H and O–H groups in total. The molecule has 1 fully saturated rings. The molecule has 0 amide bonds. The normalized spacial score (nSPS) is 16.4. The molecule has 2 heterocycles. The standard InChI is InChI=1S/C17H18BrN3O2/c18-15-4-2-1-3-14(15)12-5-7-21(8-6-12)11-13-9-20-16(10-19-13)17(22)23/h1-4,9-10,12H,5-8,11H2,(H,22,23). The van der Waals surface area contributed by atoms with E-state index in [1.54, 1.807) is 6.20 Å². The number of nitrogens with zero attached hydrogens (tertiary/aromatic N) is 3. The van der Waals surface area contributed by atoms with Gasteiger partial charge in [0.2, 0.25) is 0 Å². The van der Waals surface area contributed by atoms with Crippen molar-refractivity contribution in [1.29, 1.82) is 0 Å². The van der Waals surface area contributed by atoms with Gasteiger partial charge in [-0.2, -0.15) is 0 Å². The fraction of sp³-hybridized carbons (Fsp3) is 0.353. The molecule has 0 spiro atoms. The summed E-state index contributed by atoms with van der Waals surface area (Å²) in [6, 6.07) is 8.43. The average Bonchev–Trinajstić information content (AvgIpc) is 2.57. The smallest absolute Gasteiger partial charge is 0.356 e. The highest BCUT2D eigenvalue weighted by Gasteiger charge is 2.22. The predicted octanol–water partition coefficient (Wildman–Crippen LogP) is 3.32. The minimum absolute atomic E-state index is 0.0126. The summed E-state index contributed by atoms with van der Waals surface area (Å²) in [5, 5.41) is 8.84. The van der Waals surface area contributed by atoms with Crippen LogP contribution in [0, 0.1) is 0 Å². The van der Waals surface area contributed by atoms with Crippen molar-refractivity contribution in [3.8, 4) is 0 Å². The number of halogens is 1. The molecule has 1 saturated heterocycles. The molecule has 0 atom stereocenters. The van der Waals surface area contributed by atoms with E-state index in [9.17, 15) is 4.79 Å². The van der Waals surface area contributed by atoms with E-state index in [1.807, 2.05) is 6.07 Å². The molecule has 2 aromatic rings. The Balaban J connectivity index is 1.57. The Kier molecular flexibility index (Phi) is 5.03. The number of carboxylic acid groups (broad SMARTS) is 1. The Morgan fingerprint density at radius 3 is 2.57 bits per heavy atom. The van der Waals surface area contributed by atoms with Crippen LogP contribution in [-0.2, 0) is 6.54 Å². The van der Waals surface area contributed by atoms with Crippen LogP contribution in [0.2, 0.25) is 0 Å². The van der Waals surface area contributed by atoms with E-state index in [0.717, 1.165) is 38.2 Å². The molecule has 1 aliphatic rings. The SMILES string of the molecule is O=C(O)c1cnc(CN2CCC(c3ccccc3Br)CC2)cn1. The van der Waals surface area contributed by atoms with Crippen LogP contribution < -0.4 is 0 Å². The van der Waals surface area contributed by atoms with Gasteiger partial charge in [0.1, 0.15) is 0 Å². The maximum absolute atomic E-state index is 10.8. The molecule has 0 radical (unpaired) electrons. The van der Waals surface area contributed by atoms with Gasteiger partial charge in [0.25, 0.3) is 0 Å². The van der Waals surface area contributed by atoms with Crippen molar-refractivity contribution in [2.45, 2.75) is 25.3 Å². The number of hydrogen-bond donors (Lipinski definition) is 1. The Morgan fingerprint density at radius 2 is 1.96 bits per heavy atom. The van der Waals surface area contributed by atoms with Crippen LogP contribution >= 0.6 is 15.9 Å². The van der Waals surface area contributed by atoms with Gasteiger partial charge in [-0.1, -0.05) is 34.1 Å². The lowest BCUT2D eigenvalue weighted by Crippen LogP contribution is -2.32. The molecular weight excluding hydrogens is 358 g/mol. The first-order valence-electron chi connectivity index (χ1n) is 7.64. The summed E-state index contributed by atoms with van der Waals surface area (Å²) in [6.45, 7) is 2.73. The van der Waals surface area contributed by atoms with Crippen molar-refractivity contribution >= 4 is 21.9 Å². The predicted molar refractivity (Wildman–Crippen MR) is 90.4 cm³/mol. The number of likely N-dealkylation sites (tertiary alicyclic amines) is 1. The molecule has 23 heavy (non-hydrogen) atoms. The number of aromatic carboxylic acids is 1. The lowest BCUT2D eigenvalue weighted by Gasteiger charge is -2.32. The Labute approximate surface area is 143 Å². The zero-order valence-corrected chi connectivity index (χ0v) is 14.2. The summed E-state index contributed by atoms with van der Waals surface area (Å²) >= 11 is 3.64. The van der Waals surface area contributed by atoms with Crippen LogP contribution in [0.5, 0.6) is 0 Å². The number of aromatic nitrogens is 2. The van der Waals surface area contributed by atoms with Crippen molar-refractivity contribution in [1.82, 2.24) is 14.9 Å². The van der Waals surface area contributed by atoms with E-state index in [4.69, 9.17) is 5.11 Å². The first kappa shape index (κ1) is 16.1. The first-order valence-corrected chi connectivity index (χ1v) is 8.44. The van der Waals surface area contributed by atoms with E-state index < -0.39 is 5.97 Å². The van der Waals surface area contributed by atoms with Crippen LogP contribution in [0.1, 0.15) is 40.5 Å². The van der Waals surface area contributed by atoms with Crippen LogP contribution in [0.25, 0.3) is 0 Å². The molecule has 1 aliphatic heterocycles. The molecule has 1 aromatic carbocycles. The van der Waals surface area contributed by atoms with Crippen molar-refractivity contribution in [2.24, 2.45) is 0 Å². The van der Waals surface area contributed by atoms with Gasteiger partial charge >= 0.3 is 5.97 Å². The minimum atomic E-state index is -1.04. The fourth-order valence-electron chi connectivity index (χ4n) is 2.98. The average molecular weight is 376 g/mol. The van der Waals surface area contributed by atoms with E-state index in [1.165, 1.54) is 16.2 Å². The number of hydrogen-bond acceptors (Lipinski definition) is 4. The van der Waals surface area contributed by atoms with Gasteiger partial charge in [0, 0.05) is 11.0 Å². The van der Waals surface area contributed by atoms with Crippen LogP contribution in [0.15, 0.2) is 41.1 Å². The molecule has 0 aliphatic carbocycles. The van der Waals surface area contributed by atoms with Gasteiger partial charge in [-0.15, -0.1) is 0 Å². The quantitative estimate of drug-likeness (QED) is 0.887. The van der Waals surface area contributed by atoms with Crippen LogP contribution in [0.3, 0.4) is 0 Å². The van der Waals surface area contributed by atoms with Gasteiger partial charge in [-0.05, 0) is 43.5 Å². The largest absolute Gasteiger partial charge is 0.476 e. The highest BCUT2D eigenvalue weighted by atomic mass is 79.9. The fourth-order valence-corrected chi connectivity index (χ4v) is 3.59. The zero-order valence-electron chi connectivity index (χ0n) is 12.7. The maximum Gasteiger partial charge on any atom is 0.356 e. The van der Waals surface area contributed by atoms with Crippen molar-refractivity contribution < 1.29 is 9.90 Å². The number of benzene rings is 1. The Bertz CT molecular complexity index is 682. The molecule has 0 saturated carbocycles. The topological polar surface area (TPSA) is 66.3 Å². The minimum Gasteiger partial charge on any atom is -0.476 e. The summed E-state index contributed by atoms with van der Waals surface area (Å²) in [7, 11) is 0.